The van der Waals surface area contributed by atoms with Crippen LogP contribution in [0.15, 0.2) is 36.9 Å². The number of imidazole rings is 1. The Balaban J connectivity index is 1.46. The first-order valence-electron chi connectivity index (χ1n) is 8.59. The van der Waals surface area contributed by atoms with E-state index in [9.17, 15) is 0 Å². The Labute approximate surface area is 145 Å². The van der Waals surface area contributed by atoms with Crippen LogP contribution in [0.4, 0.5) is 5.82 Å². The van der Waals surface area contributed by atoms with Gasteiger partial charge in [0, 0.05) is 19.6 Å². The van der Waals surface area contributed by atoms with E-state index in [1.807, 2.05) is 36.1 Å². The Kier molecular flexibility index (Phi) is 4.05. The van der Waals surface area contributed by atoms with Crippen molar-refractivity contribution in [3.8, 4) is 0 Å². The molecule has 0 radical (unpaired) electrons. The van der Waals surface area contributed by atoms with E-state index >= 15 is 0 Å². The summed E-state index contributed by atoms with van der Waals surface area (Å²) in [4.78, 5) is 13.2. The summed E-state index contributed by atoms with van der Waals surface area (Å²) in [7, 11) is 0. The van der Waals surface area contributed by atoms with Crippen molar-refractivity contribution >= 4 is 27.9 Å². The van der Waals surface area contributed by atoms with Crippen molar-refractivity contribution in [1.82, 2.24) is 29.3 Å². The van der Waals surface area contributed by atoms with Gasteiger partial charge in [0.2, 0.25) is 0 Å². The molecule has 0 atom stereocenters. The molecule has 0 bridgehead atoms. The van der Waals surface area contributed by atoms with Crippen LogP contribution in [0.1, 0.15) is 19.0 Å². The highest BCUT2D eigenvalue weighted by atomic mass is 15.3. The standard InChI is InChI=1S/C18H21N7/c1-3-25-17-16(13(2)23-25)20-11-21-18(17)19-9-6-10-24-12-22-14-7-4-5-8-15(14)24/h4-5,7-8,11-12H,3,6,9-10H2,1-2H3,(H,19,20,21). The van der Waals surface area contributed by atoms with E-state index in [0.29, 0.717) is 0 Å². The lowest BCUT2D eigenvalue weighted by Gasteiger charge is -2.09. The second-order valence-corrected chi connectivity index (χ2v) is 6.03. The van der Waals surface area contributed by atoms with Crippen molar-refractivity contribution in [2.24, 2.45) is 0 Å². The molecule has 3 aromatic heterocycles. The van der Waals surface area contributed by atoms with E-state index in [1.54, 1.807) is 6.33 Å². The summed E-state index contributed by atoms with van der Waals surface area (Å²) < 4.78 is 4.14. The van der Waals surface area contributed by atoms with Crippen LogP contribution in [0.2, 0.25) is 0 Å². The molecule has 1 N–H and O–H groups in total. The van der Waals surface area contributed by atoms with E-state index in [-0.39, 0.29) is 0 Å². The number of benzene rings is 1. The van der Waals surface area contributed by atoms with Crippen LogP contribution in [0.3, 0.4) is 0 Å². The summed E-state index contributed by atoms with van der Waals surface area (Å²) >= 11 is 0. The predicted molar refractivity (Wildman–Crippen MR) is 98.6 cm³/mol. The van der Waals surface area contributed by atoms with E-state index in [1.165, 1.54) is 5.52 Å². The quantitative estimate of drug-likeness (QED) is 0.548. The maximum Gasteiger partial charge on any atom is 0.155 e. The smallest absolute Gasteiger partial charge is 0.155 e. The lowest BCUT2D eigenvalue weighted by molar-refractivity contribution is 0.670. The zero-order chi connectivity index (χ0) is 17.2. The molecule has 7 nitrogen and oxygen atoms in total. The molecule has 0 fully saturated rings. The maximum atomic E-state index is 4.53. The minimum absolute atomic E-state index is 0.799. The van der Waals surface area contributed by atoms with Crippen molar-refractivity contribution in [2.75, 3.05) is 11.9 Å². The summed E-state index contributed by atoms with van der Waals surface area (Å²) in [5.74, 6) is 0.850. The van der Waals surface area contributed by atoms with Crippen LogP contribution >= 0.6 is 0 Å². The van der Waals surface area contributed by atoms with Crippen molar-refractivity contribution in [3.05, 3.63) is 42.6 Å². The monoisotopic (exact) mass is 335 g/mol. The Morgan fingerprint density at radius 2 is 2.00 bits per heavy atom. The van der Waals surface area contributed by atoms with Crippen molar-refractivity contribution in [1.29, 1.82) is 0 Å². The van der Waals surface area contributed by atoms with Crippen LogP contribution < -0.4 is 5.32 Å². The Bertz CT molecular complexity index is 1010. The Morgan fingerprint density at radius 1 is 1.12 bits per heavy atom. The van der Waals surface area contributed by atoms with E-state index < -0.39 is 0 Å². The summed E-state index contributed by atoms with van der Waals surface area (Å²) in [6.07, 6.45) is 4.48. The first-order valence-corrected chi connectivity index (χ1v) is 8.59. The minimum Gasteiger partial charge on any atom is -0.368 e. The zero-order valence-electron chi connectivity index (χ0n) is 14.5. The van der Waals surface area contributed by atoms with Gasteiger partial charge in [-0.3, -0.25) is 4.68 Å². The Hall–Kier alpha value is -2.96. The van der Waals surface area contributed by atoms with E-state index in [0.717, 1.165) is 54.1 Å². The molecule has 0 amide bonds. The molecule has 0 saturated carbocycles. The van der Waals surface area contributed by atoms with Crippen molar-refractivity contribution in [3.63, 3.8) is 0 Å². The van der Waals surface area contributed by atoms with Crippen LogP contribution in [-0.2, 0) is 13.1 Å². The normalized spacial score (nSPS) is 11.4. The Morgan fingerprint density at radius 3 is 2.88 bits per heavy atom. The third-order valence-electron chi connectivity index (χ3n) is 4.39. The number of nitrogens with zero attached hydrogens (tertiary/aromatic N) is 6. The molecular weight excluding hydrogens is 314 g/mol. The van der Waals surface area contributed by atoms with Gasteiger partial charge < -0.3 is 9.88 Å². The van der Waals surface area contributed by atoms with Gasteiger partial charge in [-0.25, -0.2) is 15.0 Å². The molecule has 0 spiro atoms. The van der Waals surface area contributed by atoms with E-state index in [2.05, 4.69) is 42.9 Å². The molecule has 25 heavy (non-hydrogen) atoms. The fourth-order valence-corrected chi connectivity index (χ4v) is 3.17. The van der Waals surface area contributed by atoms with Gasteiger partial charge in [-0.15, -0.1) is 0 Å². The molecule has 4 rings (SSSR count). The first-order chi connectivity index (χ1) is 12.3. The zero-order valence-corrected chi connectivity index (χ0v) is 14.5. The molecule has 7 heteroatoms. The van der Waals surface area contributed by atoms with Gasteiger partial charge in [-0.05, 0) is 32.4 Å². The lowest BCUT2D eigenvalue weighted by atomic mass is 10.3. The average molecular weight is 335 g/mol. The first kappa shape index (κ1) is 15.6. The van der Waals surface area contributed by atoms with Crippen LogP contribution in [0, 0.1) is 6.92 Å². The second kappa shape index (κ2) is 6.51. The van der Waals surface area contributed by atoms with Gasteiger partial charge in [0.05, 0.1) is 23.1 Å². The third-order valence-corrected chi connectivity index (χ3v) is 4.39. The van der Waals surface area contributed by atoms with Crippen molar-refractivity contribution in [2.45, 2.75) is 33.4 Å². The SMILES string of the molecule is CCn1nc(C)c2ncnc(NCCCn3cnc4ccccc43)c21. The number of rotatable bonds is 6. The average Bonchev–Trinajstić information content (AvgIpc) is 3.20. The van der Waals surface area contributed by atoms with Gasteiger partial charge in [-0.1, -0.05) is 12.1 Å². The highest BCUT2D eigenvalue weighted by Gasteiger charge is 2.12. The molecule has 4 aromatic rings. The largest absolute Gasteiger partial charge is 0.368 e. The number of aryl methyl sites for hydroxylation is 3. The number of aromatic nitrogens is 6. The van der Waals surface area contributed by atoms with Gasteiger partial charge in [0.25, 0.3) is 0 Å². The van der Waals surface area contributed by atoms with Crippen LogP contribution in [0.5, 0.6) is 0 Å². The number of hydrogen-bond donors (Lipinski definition) is 1. The lowest BCUT2D eigenvalue weighted by Crippen LogP contribution is -2.09. The molecule has 0 saturated heterocycles. The molecule has 1 aromatic carbocycles. The molecule has 0 unspecified atom stereocenters. The maximum absolute atomic E-state index is 4.53. The summed E-state index contributed by atoms with van der Waals surface area (Å²) in [5, 5.41) is 7.97. The number of anilines is 1. The fourth-order valence-electron chi connectivity index (χ4n) is 3.17. The second-order valence-electron chi connectivity index (χ2n) is 6.03. The third kappa shape index (κ3) is 2.82. The molecule has 128 valence electrons. The minimum atomic E-state index is 0.799. The van der Waals surface area contributed by atoms with Gasteiger partial charge in [-0.2, -0.15) is 5.10 Å². The summed E-state index contributed by atoms with van der Waals surface area (Å²) in [6.45, 7) is 6.59. The number of nitrogens with one attached hydrogen (secondary N) is 1. The van der Waals surface area contributed by atoms with Gasteiger partial charge in [0.1, 0.15) is 17.4 Å². The van der Waals surface area contributed by atoms with Crippen molar-refractivity contribution < 1.29 is 0 Å². The van der Waals surface area contributed by atoms with Crippen LogP contribution in [0.25, 0.3) is 22.1 Å². The fraction of sp³-hybridized carbons (Fsp3) is 0.333. The molecule has 3 heterocycles. The van der Waals surface area contributed by atoms with Gasteiger partial charge >= 0.3 is 0 Å². The number of fused-ring (bicyclic) bond motifs is 2. The molecule has 0 aliphatic rings. The summed E-state index contributed by atoms with van der Waals surface area (Å²) in [5.41, 5.74) is 5.05. The molecule has 0 aliphatic carbocycles. The van der Waals surface area contributed by atoms with Crippen LogP contribution in [-0.4, -0.2) is 35.8 Å². The summed E-state index contributed by atoms with van der Waals surface area (Å²) in [6, 6.07) is 8.20. The van der Waals surface area contributed by atoms with E-state index in [4.69, 9.17) is 0 Å². The highest BCUT2D eigenvalue weighted by Crippen LogP contribution is 2.22. The molecule has 0 aliphatic heterocycles. The number of para-hydroxylation sites is 2. The predicted octanol–water partition coefficient (Wildman–Crippen LogP) is 3.01. The number of hydrogen-bond acceptors (Lipinski definition) is 5. The molecular formula is C18H21N7. The highest BCUT2D eigenvalue weighted by molar-refractivity contribution is 5.87. The van der Waals surface area contributed by atoms with Gasteiger partial charge in [0.15, 0.2) is 5.82 Å². The topological polar surface area (TPSA) is 73.5 Å².